The molecule has 0 aromatic rings. The Labute approximate surface area is 101 Å². The van der Waals surface area contributed by atoms with Crippen LogP contribution in [0.3, 0.4) is 0 Å². The van der Waals surface area contributed by atoms with E-state index < -0.39 is 0 Å². The van der Waals surface area contributed by atoms with Crippen molar-refractivity contribution in [1.82, 2.24) is 0 Å². The van der Waals surface area contributed by atoms with Crippen LogP contribution in [-0.2, 0) is 0 Å². The van der Waals surface area contributed by atoms with Crippen molar-refractivity contribution in [2.24, 2.45) is 16.7 Å². The van der Waals surface area contributed by atoms with Crippen LogP contribution >= 0.6 is 0 Å². The minimum Gasteiger partial charge on any atom is -0.396 e. The largest absolute Gasteiger partial charge is 0.396 e. The molecule has 0 fully saturated rings. The molecule has 0 radical (unpaired) electrons. The molecule has 0 saturated carbocycles. The third-order valence-corrected chi connectivity index (χ3v) is 3.94. The van der Waals surface area contributed by atoms with Gasteiger partial charge >= 0.3 is 0 Å². The third-order valence-electron chi connectivity index (χ3n) is 3.94. The molecule has 1 aliphatic carbocycles. The normalized spacial score (nSPS) is 27.6. The maximum Gasteiger partial charge on any atom is 0.0431 e. The summed E-state index contributed by atoms with van der Waals surface area (Å²) in [7, 11) is 0. The molecule has 1 atom stereocenters. The van der Waals surface area contributed by atoms with Crippen molar-refractivity contribution >= 4 is 0 Å². The van der Waals surface area contributed by atoms with Crippen LogP contribution in [0.4, 0.5) is 0 Å². The van der Waals surface area contributed by atoms with E-state index in [0.29, 0.717) is 23.4 Å². The molecule has 0 aromatic heterocycles. The number of hydrogen-bond acceptors (Lipinski definition) is 1. The van der Waals surface area contributed by atoms with E-state index in [9.17, 15) is 0 Å². The van der Waals surface area contributed by atoms with E-state index in [4.69, 9.17) is 5.11 Å². The Hall–Kier alpha value is -0.300. The standard InChI is InChI=1S/C15H28O/c1-6-12-10-14(2,3)11-15(4,5)13(12)8-7-9-16/h10,13,16H,6-9,11H2,1-5H3. The molecule has 0 aromatic carbocycles. The van der Waals surface area contributed by atoms with E-state index in [1.807, 2.05) is 0 Å². The van der Waals surface area contributed by atoms with E-state index in [1.54, 1.807) is 5.57 Å². The Balaban J connectivity index is 2.93. The lowest BCUT2D eigenvalue weighted by Gasteiger charge is -2.46. The maximum atomic E-state index is 9.01. The third kappa shape index (κ3) is 3.10. The zero-order valence-electron chi connectivity index (χ0n) is 11.6. The summed E-state index contributed by atoms with van der Waals surface area (Å²) in [5, 5.41) is 9.01. The van der Waals surface area contributed by atoms with Gasteiger partial charge in [-0.05, 0) is 42.4 Å². The molecule has 0 heterocycles. The topological polar surface area (TPSA) is 20.2 Å². The van der Waals surface area contributed by atoms with Crippen molar-refractivity contribution in [1.29, 1.82) is 0 Å². The van der Waals surface area contributed by atoms with Crippen LogP contribution in [0.2, 0.25) is 0 Å². The van der Waals surface area contributed by atoms with Crippen LogP contribution in [0.15, 0.2) is 11.6 Å². The number of aliphatic hydroxyl groups is 1. The molecular formula is C15H28O. The van der Waals surface area contributed by atoms with E-state index in [1.165, 1.54) is 6.42 Å². The van der Waals surface area contributed by atoms with Crippen LogP contribution in [0.25, 0.3) is 0 Å². The molecule has 1 rings (SSSR count). The Morgan fingerprint density at radius 2 is 1.94 bits per heavy atom. The minimum absolute atomic E-state index is 0.326. The number of hydrogen-bond donors (Lipinski definition) is 1. The molecule has 0 saturated heterocycles. The highest BCUT2D eigenvalue weighted by atomic mass is 16.2. The van der Waals surface area contributed by atoms with E-state index in [0.717, 1.165) is 19.3 Å². The lowest BCUT2D eigenvalue weighted by molar-refractivity contribution is 0.127. The van der Waals surface area contributed by atoms with Crippen molar-refractivity contribution in [3.63, 3.8) is 0 Å². The maximum absolute atomic E-state index is 9.01. The van der Waals surface area contributed by atoms with Gasteiger partial charge in [0.15, 0.2) is 0 Å². The van der Waals surface area contributed by atoms with Crippen molar-refractivity contribution in [3.05, 3.63) is 11.6 Å². The Bertz CT molecular complexity index is 261. The number of aliphatic hydroxyl groups excluding tert-OH is 1. The van der Waals surface area contributed by atoms with Crippen LogP contribution in [0.5, 0.6) is 0 Å². The van der Waals surface area contributed by atoms with Crippen molar-refractivity contribution < 1.29 is 5.11 Å². The van der Waals surface area contributed by atoms with Crippen molar-refractivity contribution in [2.75, 3.05) is 6.61 Å². The first kappa shape index (κ1) is 13.8. The molecule has 16 heavy (non-hydrogen) atoms. The summed E-state index contributed by atoms with van der Waals surface area (Å²) in [6.07, 6.45) is 6.97. The summed E-state index contributed by atoms with van der Waals surface area (Å²) >= 11 is 0. The number of rotatable bonds is 4. The fourth-order valence-corrected chi connectivity index (χ4v) is 3.67. The minimum atomic E-state index is 0.326. The van der Waals surface area contributed by atoms with Crippen LogP contribution < -0.4 is 0 Å². The first-order chi connectivity index (χ1) is 7.32. The van der Waals surface area contributed by atoms with Gasteiger partial charge in [0.25, 0.3) is 0 Å². The molecule has 1 heteroatoms. The smallest absolute Gasteiger partial charge is 0.0431 e. The van der Waals surface area contributed by atoms with Gasteiger partial charge in [-0.2, -0.15) is 0 Å². The van der Waals surface area contributed by atoms with Gasteiger partial charge in [0, 0.05) is 6.61 Å². The molecule has 94 valence electrons. The Morgan fingerprint density at radius 3 is 2.44 bits per heavy atom. The summed E-state index contributed by atoms with van der Waals surface area (Å²) in [6, 6.07) is 0. The predicted octanol–water partition coefficient (Wildman–Crippen LogP) is 4.17. The van der Waals surface area contributed by atoms with Crippen LogP contribution in [0.1, 0.15) is 60.3 Å². The van der Waals surface area contributed by atoms with Crippen molar-refractivity contribution in [2.45, 2.75) is 60.3 Å². The molecule has 0 spiro atoms. The van der Waals surface area contributed by atoms with E-state index in [2.05, 4.69) is 40.7 Å². The Morgan fingerprint density at radius 1 is 1.31 bits per heavy atom. The first-order valence-corrected chi connectivity index (χ1v) is 6.65. The monoisotopic (exact) mass is 224 g/mol. The fourth-order valence-electron chi connectivity index (χ4n) is 3.67. The molecule has 1 N–H and O–H groups in total. The van der Waals surface area contributed by atoms with Crippen molar-refractivity contribution in [3.8, 4) is 0 Å². The van der Waals surface area contributed by atoms with Gasteiger partial charge in [-0.25, -0.2) is 0 Å². The second-order valence-corrected chi connectivity index (χ2v) is 6.65. The zero-order valence-corrected chi connectivity index (χ0v) is 11.6. The van der Waals surface area contributed by atoms with E-state index in [-0.39, 0.29) is 0 Å². The average molecular weight is 224 g/mol. The zero-order chi connectivity index (χ0) is 12.4. The van der Waals surface area contributed by atoms with Gasteiger partial charge in [-0.15, -0.1) is 0 Å². The molecule has 0 bridgehead atoms. The molecule has 1 aliphatic rings. The molecular weight excluding hydrogens is 196 g/mol. The molecule has 0 amide bonds. The quantitative estimate of drug-likeness (QED) is 0.711. The van der Waals surface area contributed by atoms with Gasteiger partial charge in [-0.3, -0.25) is 0 Å². The number of allylic oxidation sites excluding steroid dienone is 2. The molecule has 0 aliphatic heterocycles. The SMILES string of the molecule is CCC1=CC(C)(C)CC(C)(C)C1CCCO. The summed E-state index contributed by atoms with van der Waals surface area (Å²) in [6.45, 7) is 12.0. The van der Waals surface area contributed by atoms with Crippen LogP contribution in [-0.4, -0.2) is 11.7 Å². The lowest BCUT2D eigenvalue weighted by Crippen LogP contribution is -2.35. The molecule has 1 unspecified atom stereocenters. The second-order valence-electron chi connectivity index (χ2n) is 6.65. The summed E-state index contributed by atoms with van der Waals surface area (Å²) in [5.74, 6) is 0.665. The average Bonchev–Trinajstić information content (AvgIpc) is 2.12. The van der Waals surface area contributed by atoms with Gasteiger partial charge in [0.05, 0.1) is 0 Å². The highest BCUT2D eigenvalue weighted by Crippen LogP contribution is 2.50. The van der Waals surface area contributed by atoms with Crippen LogP contribution in [0, 0.1) is 16.7 Å². The highest BCUT2D eigenvalue weighted by molar-refractivity contribution is 5.19. The summed E-state index contributed by atoms with van der Waals surface area (Å²) < 4.78 is 0. The second kappa shape index (κ2) is 4.91. The highest BCUT2D eigenvalue weighted by Gasteiger charge is 2.39. The first-order valence-electron chi connectivity index (χ1n) is 6.65. The fraction of sp³-hybridized carbons (Fsp3) is 0.867. The van der Waals surface area contributed by atoms with Gasteiger partial charge in [0.2, 0.25) is 0 Å². The Kier molecular flexibility index (Phi) is 4.23. The van der Waals surface area contributed by atoms with Gasteiger partial charge in [-0.1, -0.05) is 46.3 Å². The lowest BCUT2D eigenvalue weighted by atomic mass is 9.59. The molecule has 1 nitrogen and oxygen atoms in total. The summed E-state index contributed by atoms with van der Waals surface area (Å²) in [5.41, 5.74) is 2.32. The predicted molar refractivity (Wildman–Crippen MR) is 70.4 cm³/mol. The van der Waals surface area contributed by atoms with Gasteiger partial charge < -0.3 is 5.11 Å². The van der Waals surface area contributed by atoms with E-state index >= 15 is 0 Å². The van der Waals surface area contributed by atoms with Gasteiger partial charge in [0.1, 0.15) is 0 Å². The summed E-state index contributed by atoms with van der Waals surface area (Å²) in [4.78, 5) is 0.